The summed E-state index contributed by atoms with van der Waals surface area (Å²) in [6, 6.07) is 11.4. The Labute approximate surface area is 182 Å². The highest BCUT2D eigenvalue weighted by molar-refractivity contribution is 6.01. The van der Waals surface area contributed by atoms with Gasteiger partial charge in [-0.25, -0.2) is 4.79 Å². The minimum absolute atomic E-state index is 0.0187. The van der Waals surface area contributed by atoms with Crippen LogP contribution in [0.2, 0.25) is 0 Å². The Morgan fingerprint density at radius 2 is 1.77 bits per heavy atom. The zero-order valence-corrected chi connectivity index (χ0v) is 18.7. The molecule has 1 unspecified atom stereocenters. The Morgan fingerprint density at radius 3 is 2.45 bits per heavy atom. The molecule has 7 heteroatoms. The Balaban J connectivity index is 1.77. The number of methoxy groups -OCH3 is 2. The molecule has 0 bridgehead atoms. The highest BCUT2D eigenvalue weighted by atomic mass is 16.5. The van der Waals surface area contributed by atoms with Crippen molar-refractivity contribution in [1.82, 2.24) is 10.2 Å². The maximum absolute atomic E-state index is 13.5. The minimum atomic E-state index is -0.363. The molecular formula is C24H29N3O4. The lowest BCUT2D eigenvalue weighted by atomic mass is 9.85. The first-order valence-corrected chi connectivity index (χ1v) is 10.5. The first-order valence-electron chi connectivity index (χ1n) is 10.5. The van der Waals surface area contributed by atoms with Crippen molar-refractivity contribution in [2.75, 3.05) is 32.2 Å². The summed E-state index contributed by atoms with van der Waals surface area (Å²) in [5, 5.41) is 2.95. The number of hydrogen-bond acceptors (Lipinski definition) is 4. The van der Waals surface area contributed by atoms with Gasteiger partial charge in [-0.1, -0.05) is 18.2 Å². The van der Waals surface area contributed by atoms with Gasteiger partial charge >= 0.3 is 6.03 Å². The van der Waals surface area contributed by atoms with Gasteiger partial charge in [0.2, 0.25) is 5.91 Å². The molecule has 2 aliphatic heterocycles. The molecular weight excluding hydrogens is 394 g/mol. The molecule has 4 rings (SSSR count). The van der Waals surface area contributed by atoms with Crippen LogP contribution in [0.15, 0.2) is 36.4 Å². The summed E-state index contributed by atoms with van der Waals surface area (Å²) in [5.41, 5.74) is 3.57. The zero-order valence-electron chi connectivity index (χ0n) is 18.7. The summed E-state index contributed by atoms with van der Waals surface area (Å²) in [4.78, 5) is 29.6. The maximum Gasteiger partial charge on any atom is 0.325 e. The van der Waals surface area contributed by atoms with Crippen molar-refractivity contribution in [1.29, 1.82) is 0 Å². The van der Waals surface area contributed by atoms with E-state index in [1.807, 2.05) is 62.1 Å². The van der Waals surface area contributed by atoms with E-state index in [1.54, 1.807) is 19.1 Å². The fourth-order valence-electron chi connectivity index (χ4n) is 4.46. The monoisotopic (exact) mass is 423 g/mol. The lowest BCUT2D eigenvalue weighted by molar-refractivity contribution is -0.121. The molecule has 3 amide bonds. The molecule has 7 nitrogen and oxygen atoms in total. The second-order valence-corrected chi connectivity index (χ2v) is 8.98. The number of ether oxygens (including phenoxy) is 2. The van der Waals surface area contributed by atoms with E-state index in [4.69, 9.17) is 9.47 Å². The van der Waals surface area contributed by atoms with Gasteiger partial charge in [-0.2, -0.15) is 0 Å². The van der Waals surface area contributed by atoms with Gasteiger partial charge in [0.1, 0.15) is 6.54 Å². The first kappa shape index (κ1) is 21.0. The summed E-state index contributed by atoms with van der Waals surface area (Å²) in [6.07, 6.45) is 0.710. The second kappa shape index (κ2) is 7.80. The van der Waals surface area contributed by atoms with Gasteiger partial charge < -0.3 is 19.7 Å². The smallest absolute Gasteiger partial charge is 0.325 e. The quantitative estimate of drug-likeness (QED) is 0.817. The largest absolute Gasteiger partial charge is 0.493 e. The van der Waals surface area contributed by atoms with E-state index in [2.05, 4.69) is 5.32 Å². The van der Waals surface area contributed by atoms with Crippen molar-refractivity contribution < 1.29 is 19.1 Å². The molecule has 2 aromatic carbocycles. The number of amides is 3. The van der Waals surface area contributed by atoms with Crippen molar-refractivity contribution in [3.63, 3.8) is 0 Å². The number of anilines is 1. The molecule has 31 heavy (non-hydrogen) atoms. The first-order chi connectivity index (χ1) is 14.7. The average Bonchev–Trinajstić information content (AvgIpc) is 2.73. The number of urea groups is 1. The molecule has 2 aromatic rings. The van der Waals surface area contributed by atoms with Crippen LogP contribution >= 0.6 is 0 Å². The number of carbonyl (C=O) groups excluding carboxylic acids is 2. The Morgan fingerprint density at radius 1 is 1.10 bits per heavy atom. The van der Waals surface area contributed by atoms with Crippen LogP contribution < -0.4 is 19.7 Å². The predicted octanol–water partition coefficient (Wildman–Crippen LogP) is 3.51. The highest BCUT2D eigenvalue weighted by Gasteiger charge is 2.42. The normalized spacial score (nSPS) is 17.5. The lowest BCUT2D eigenvalue weighted by Crippen LogP contribution is -2.55. The summed E-state index contributed by atoms with van der Waals surface area (Å²) >= 11 is 0. The summed E-state index contributed by atoms with van der Waals surface area (Å²) in [6.45, 7) is 6.33. The number of nitrogens with zero attached hydrogens (tertiary/aromatic N) is 2. The van der Waals surface area contributed by atoms with Crippen molar-refractivity contribution in [3.05, 3.63) is 53.1 Å². The molecule has 1 atom stereocenters. The van der Waals surface area contributed by atoms with E-state index in [1.165, 1.54) is 0 Å². The van der Waals surface area contributed by atoms with E-state index in [9.17, 15) is 9.59 Å². The van der Waals surface area contributed by atoms with E-state index in [-0.39, 0.29) is 30.1 Å². The standard InChI is InChI=1S/C24H29N3O4/c1-24(2,3)25-21(28)14-27-18-9-7-6-8-16(18)22-17-13-20(31-5)19(30-4)12-15(17)10-11-26(22)23(27)29/h6-9,12-13,22H,10-11,14H2,1-5H3,(H,25,28). The average molecular weight is 424 g/mol. The zero-order chi connectivity index (χ0) is 22.3. The number of benzene rings is 2. The summed E-state index contributed by atoms with van der Waals surface area (Å²) in [7, 11) is 3.24. The fourth-order valence-corrected chi connectivity index (χ4v) is 4.46. The van der Waals surface area contributed by atoms with Gasteiger partial charge in [-0.05, 0) is 56.5 Å². The summed E-state index contributed by atoms with van der Waals surface area (Å²) < 4.78 is 11.0. The van der Waals surface area contributed by atoms with E-state index < -0.39 is 0 Å². The predicted molar refractivity (Wildman–Crippen MR) is 119 cm³/mol. The number of fused-ring (bicyclic) bond motifs is 5. The van der Waals surface area contributed by atoms with Gasteiger partial charge in [0, 0.05) is 17.6 Å². The molecule has 164 valence electrons. The number of carbonyl (C=O) groups is 2. The molecule has 0 fully saturated rings. The molecule has 0 aliphatic carbocycles. The number of rotatable bonds is 4. The molecule has 0 aromatic heterocycles. The van der Waals surface area contributed by atoms with Crippen LogP contribution in [0, 0.1) is 0 Å². The third-order valence-corrected chi connectivity index (χ3v) is 5.69. The number of nitrogens with one attached hydrogen (secondary N) is 1. The third-order valence-electron chi connectivity index (χ3n) is 5.69. The van der Waals surface area contributed by atoms with Gasteiger partial charge in [0.05, 0.1) is 25.9 Å². The Hall–Kier alpha value is -3.22. The van der Waals surface area contributed by atoms with Crippen LogP contribution in [-0.2, 0) is 11.2 Å². The van der Waals surface area contributed by atoms with Crippen LogP contribution in [-0.4, -0.2) is 49.7 Å². The SMILES string of the molecule is COc1cc2c(cc1OC)C1c3ccccc3N(CC(=O)NC(C)(C)C)C(=O)N1CC2. The molecule has 1 N–H and O–H groups in total. The molecule has 0 saturated carbocycles. The van der Waals surface area contributed by atoms with Crippen molar-refractivity contribution in [2.24, 2.45) is 0 Å². The van der Waals surface area contributed by atoms with E-state index in [0.29, 0.717) is 24.5 Å². The minimum Gasteiger partial charge on any atom is -0.493 e. The van der Waals surface area contributed by atoms with E-state index >= 15 is 0 Å². The number of hydrogen-bond donors (Lipinski definition) is 1. The molecule has 2 heterocycles. The molecule has 2 aliphatic rings. The Bertz CT molecular complexity index is 1030. The van der Waals surface area contributed by atoms with E-state index in [0.717, 1.165) is 22.4 Å². The topological polar surface area (TPSA) is 71.1 Å². The third kappa shape index (κ3) is 3.80. The van der Waals surface area contributed by atoms with Crippen molar-refractivity contribution >= 4 is 17.6 Å². The Kier molecular flexibility index (Phi) is 5.29. The van der Waals surface area contributed by atoms with Crippen LogP contribution in [0.1, 0.15) is 43.5 Å². The summed E-state index contributed by atoms with van der Waals surface area (Å²) in [5.74, 6) is 1.14. The molecule has 0 radical (unpaired) electrons. The highest BCUT2D eigenvalue weighted by Crippen LogP contribution is 2.46. The van der Waals surface area contributed by atoms with Gasteiger partial charge in [0.25, 0.3) is 0 Å². The fraction of sp³-hybridized carbons (Fsp3) is 0.417. The number of para-hydroxylation sites is 1. The lowest BCUT2D eigenvalue weighted by Gasteiger charge is -2.45. The van der Waals surface area contributed by atoms with Crippen LogP contribution in [0.4, 0.5) is 10.5 Å². The van der Waals surface area contributed by atoms with Gasteiger partial charge in [-0.3, -0.25) is 9.69 Å². The second-order valence-electron chi connectivity index (χ2n) is 8.98. The maximum atomic E-state index is 13.5. The van der Waals surface area contributed by atoms with Crippen LogP contribution in [0.3, 0.4) is 0 Å². The van der Waals surface area contributed by atoms with Crippen molar-refractivity contribution in [2.45, 2.75) is 38.8 Å². The van der Waals surface area contributed by atoms with Crippen LogP contribution in [0.25, 0.3) is 0 Å². The molecule has 0 spiro atoms. The van der Waals surface area contributed by atoms with Gasteiger partial charge in [0.15, 0.2) is 11.5 Å². The van der Waals surface area contributed by atoms with Gasteiger partial charge in [-0.15, -0.1) is 0 Å². The van der Waals surface area contributed by atoms with Crippen molar-refractivity contribution in [3.8, 4) is 11.5 Å². The molecule has 0 saturated heterocycles. The van der Waals surface area contributed by atoms with Crippen LogP contribution in [0.5, 0.6) is 11.5 Å².